The van der Waals surface area contributed by atoms with Crippen molar-refractivity contribution in [3.63, 3.8) is 0 Å². The second-order valence-corrected chi connectivity index (χ2v) is 11.2. The lowest BCUT2D eigenvalue weighted by atomic mass is 9.77. The van der Waals surface area contributed by atoms with E-state index in [0.717, 1.165) is 50.9 Å². The molecule has 1 aromatic rings. The second kappa shape index (κ2) is 7.34. The molecule has 0 bridgehead atoms. The van der Waals surface area contributed by atoms with Gasteiger partial charge in [0.05, 0.1) is 4.90 Å². The van der Waals surface area contributed by atoms with Crippen molar-refractivity contribution in [2.45, 2.75) is 73.5 Å². The zero-order valence-corrected chi connectivity index (χ0v) is 17.2. The van der Waals surface area contributed by atoms with Gasteiger partial charge < -0.3 is 16.4 Å². The largest absolute Gasteiger partial charge is 0.382 e. The van der Waals surface area contributed by atoms with E-state index in [9.17, 15) is 13.2 Å². The van der Waals surface area contributed by atoms with Crippen LogP contribution in [-0.4, -0.2) is 38.2 Å². The van der Waals surface area contributed by atoms with Gasteiger partial charge in [-0.05, 0) is 87.7 Å². The molecule has 7 heteroatoms. The quantitative estimate of drug-likeness (QED) is 0.699. The van der Waals surface area contributed by atoms with Crippen molar-refractivity contribution in [3.8, 4) is 0 Å². The molecule has 1 spiro atoms. The molecule has 1 heterocycles. The summed E-state index contributed by atoms with van der Waals surface area (Å²) in [7, 11) is -3.84. The van der Waals surface area contributed by atoms with E-state index in [4.69, 9.17) is 5.73 Å². The zero-order valence-electron chi connectivity index (χ0n) is 16.4. The summed E-state index contributed by atoms with van der Waals surface area (Å²) >= 11 is 0. The number of piperidine rings is 1. The van der Waals surface area contributed by atoms with Gasteiger partial charge in [-0.2, -0.15) is 0 Å². The van der Waals surface area contributed by atoms with Gasteiger partial charge in [-0.1, -0.05) is 12.8 Å². The van der Waals surface area contributed by atoms with Crippen molar-refractivity contribution in [1.29, 1.82) is 0 Å². The van der Waals surface area contributed by atoms with E-state index in [2.05, 4.69) is 10.6 Å². The van der Waals surface area contributed by atoms with Gasteiger partial charge in [0.15, 0.2) is 14.6 Å². The lowest BCUT2D eigenvalue weighted by Crippen LogP contribution is -2.50. The number of hydrogen-bond donors (Lipinski definition) is 3. The lowest BCUT2D eigenvalue weighted by molar-refractivity contribution is -0.120. The van der Waals surface area contributed by atoms with Crippen LogP contribution in [0.2, 0.25) is 0 Å². The Morgan fingerprint density at radius 3 is 2.29 bits per heavy atom. The Kier molecular flexibility index (Phi) is 5.16. The third kappa shape index (κ3) is 3.32. The fourth-order valence-electron chi connectivity index (χ4n) is 5.47. The molecule has 1 aliphatic heterocycles. The van der Waals surface area contributed by atoms with E-state index in [1.807, 2.05) is 12.1 Å². The molecule has 28 heavy (non-hydrogen) atoms. The first-order valence-electron chi connectivity index (χ1n) is 10.5. The molecule has 2 saturated carbocycles. The maximum Gasteiger partial charge on any atom is 0.239 e. The molecule has 6 nitrogen and oxygen atoms in total. The topological polar surface area (TPSA) is 101 Å². The van der Waals surface area contributed by atoms with E-state index in [1.54, 1.807) is 12.1 Å². The number of carbonyl (C=O) groups is 1. The van der Waals surface area contributed by atoms with E-state index >= 15 is 0 Å². The van der Waals surface area contributed by atoms with Crippen LogP contribution >= 0.6 is 0 Å². The molecule has 1 unspecified atom stereocenters. The minimum Gasteiger partial charge on any atom is -0.382 e. The van der Waals surface area contributed by atoms with Crippen LogP contribution in [0.5, 0.6) is 0 Å². The van der Waals surface area contributed by atoms with E-state index in [1.165, 1.54) is 12.8 Å². The maximum atomic E-state index is 13.5. The predicted octanol–water partition coefficient (Wildman–Crippen LogP) is 2.59. The molecule has 1 aromatic carbocycles. The Balaban J connectivity index is 1.59. The van der Waals surface area contributed by atoms with E-state index in [-0.39, 0.29) is 10.3 Å². The summed E-state index contributed by atoms with van der Waals surface area (Å²) in [6, 6.07) is 7.36. The van der Waals surface area contributed by atoms with Gasteiger partial charge in [0.1, 0.15) is 0 Å². The Hall–Kier alpha value is -1.60. The standard InChI is InChI=1S/C21H31N3O3S/c22-19(25)21(10-9-20(15-21)11-13-23-14-12-20)28(26,27)18-7-5-17(6-8-18)24-16-3-1-2-4-16/h5-8,16,23-24H,1-4,9-15H2,(H2,22,25). The number of carbonyl (C=O) groups excluding carboxylic acids is 1. The summed E-state index contributed by atoms with van der Waals surface area (Å²) in [6.07, 6.45) is 8.02. The highest BCUT2D eigenvalue weighted by Gasteiger charge is 2.59. The van der Waals surface area contributed by atoms with Crippen LogP contribution in [0.15, 0.2) is 29.2 Å². The summed E-state index contributed by atoms with van der Waals surface area (Å²) < 4.78 is 25.6. The molecule has 3 fully saturated rings. The van der Waals surface area contributed by atoms with Crippen molar-refractivity contribution in [2.24, 2.45) is 11.1 Å². The van der Waals surface area contributed by atoms with Crippen LogP contribution < -0.4 is 16.4 Å². The number of amides is 1. The summed E-state index contributed by atoms with van der Waals surface area (Å²) in [6.45, 7) is 1.74. The second-order valence-electron chi connectivity index (χ2n) is 8.94. The minimum atomic E-state index is -3.84. The first-order valence-corrected chi connectivity index (χ1v) is 12.0. The molecule has 4 N–H and O–H groups in total. The molecule has 3 aliphatic rings. The molecule has 1 atom stereocenters. The minimum absolute atomic E-state index is 0.0860. The van der Waals surface area contributed by atoms with E-state index < -0.39 is 20.5 Å². The van der Waals surface area contributed by atoms with Crippen molar-refractivity contribution < 1.29 is 13.2 Å². The Labute approximate surface area is 167 Å². The number of rotatable bonds is 5. The van der Waals surface area contributed by atoms with Crippen LogP contribution in [0, 0.1) is 5.41 Å². The molecule has 2 aliphatic carbocycles. The van der Waals surface area contributed by atoms with Crippen LogP contribution in [0.4, 0.5) is 5.69 Å². The molecule has 154 valence electrons. The van der Waals surface area contributed by atoms with Gasteiger partial charge in [0.2, 0.25) is 5.91 Å². The average molecular weight is 406 g/mol. The van der Waals surface area contributed by atoms with Gasteiger partial charge in [-0.3, -0.25) is 4.79 Å². The number of hydrogen-bond acceptors (Lipinski definition) is 5. The van der Waals surface area contributed by atoms with Gasteiger partial charge in [0.25, 0.3) is 0 Å². The Morgan fingerprint density at radius 2 is 1.68 bits per heavy atom. The van der Waals surface area contributed by atoms with Crippen LogP contribution in [0.1, 0.15) is 57.8 Å². The first kappa shape index (κ1) is 19.7. The highest BCUT2D eigenvalue weighted by Crippen LogP contribution is 2.54. The molecule has 1 amide bonds. The highest BCUT2D eigenvalue weighted by atomic mass is 32.2. The Morgan fingerprint density at radius 1 is 1.04 bits per heavy atom. The number of nitrogens with one attached hydrogen (secondary N) is 2. The zero-order chi connectivity index (χ0) is 19.8. The summed E-state index contributed by atoms with van der Waals surface area (Å²) in [5.74, 6) is -0.698. The van der Waals surface area contributed by atoms with Crippen molar-refractivity contribution in [1.82, 2.24) is 5.32 Å². The Bertz CT molecular complexity index is 825. The van der Waals surface area contributed by atoms with Gasteiger partial charge in [0, 0.05) is 11.7 Å². The summed E-state index contributed by atoms with van der Waals surface area (Å²) in [5, 5.41) is 6.80. The van der Waals surface area contributed by atoms with E-state index in [0.29, 0.717) is 18.9 Å². The third-order valence-electron chi connectivity index (χ3n) is 7.24. The molecule has 4 rings (SSSR count). The van der Waals surface area contributed by atoms with Crippen LogP contribution in [0.3, 0.4) is 0 Å². The van der Waals surface area contributed by atoms with Crippen LogP contribution in [-0.2, 0) is 14.6 Å². The van der Waals surface area contributed by atoms with Crippen molar-refractivity contribution in [3.05, 3.63) is 24.3 Å². The number of primary amides is 1. The molecular weight excluding hydrogens is 374 g/mol. The number of benzene rings is 1. The van der Waals surface area contributed by atoms with Gasteiger partial charge >= 0.3 is 0 Å². The highest BCUT2D eigenvalue weighted by molar-refractivity contribution is 7.93. The SMILES string of the molecule is NC(=O)C1(S(=O)(=O)c2ccc(NC3CCCC3)cc2)CCC2(CCNCC2)C1. The normalized spacial score (nSPS) is 27.9. The number of anilines is 1. The molecule has 1 saturated heterocycles. The average Bonchev–Trinajstić information content (AvgIpc) is 3.32. The summed E-state index contributed by atoms with van der Waals surface area (Å²) in [5.41, 5.74) is 6.58. The van der Waals surface area contributed by atoms with Gasteiger partial charge in [-0.15, -0.1) is 0 Å². The molecule has 0 radical (unpaired) electrons. The predicted molar refractivity (Wildman–Crippen MR) is 110 cm³/mol. The lowest BCUT2D eigenvalue weighted by Gasteiger charge is -2.35. The summed E-state index contributed by atoms with van der Waals surface area (Å²) in [4.78, 5) is 12.7. The monoisotopic (exact) mass is 405 g/mol. The van der Waals surface area contributed by atoms with Crippen LogP contribution in [0.25, 0.3) is 0 Å². The molecular formula is C21H31N3O3S. The van der Waals surface area contributed by atoms with Crippen molar-refractivity contribution >= 4 is 21.4 Å². The van der Waals surface area contributed by atoms with Crippen molar-refractivity contribution in [2.75, 3.05) is 18.4 Å². The third-order valence-corrected chi connectivity index (χ3v) is 9.71. The van der Waals surface area contributed by atoms with Gasteiger partial charge in [-0.25, -0.2) is 8.42 Å². The number of sulfone groups is 1. The number of nitrogens with two attached hydrogens (primary N) is 1. The maximum absolute atomic E-state index is 13.5. The fraction of sp³-hybridized carbons (Fsp3) is 0.667. The fourth-order valence-corrected chi connectivity index (χ4v) is 7.54. The smallest absolute Gasteiger partial charge is 0.239 e. The molecule has 0 aromatic heterocycles. The first-order chi connectivity index (χ1) is 13.4.